The zero-order valence-electron chi connectivity index (χ0n) is 11.3. The highest BCUT2D eigenvalue weighted by atomic mass is 35.7. The summed E-state index contributed by atoms with van der Waals surface area (Å²) in [5, 5.41) is 5.29. The fourth-order valence-electron chi connectivity index (χ4n) is 1.90. The lowest BCUT2D eigenvalue weighted by atomic mass is 10.1. The summed E-state index contributed by atoms with van der Waals surface area (Å²) in [7, 11) is -2.68. The first-order chi connectivity index (χ1) is 10.5. The van der Waals surface area contributed by atoms with E-state index < -0.39 is 34.6 Å². The van der Waals surface area contributed by atoms with E-state index in [1.807, 2.05) is 0 Å². The number of halogens is 4. The number of hydrogen-bond acceptors (Lipinski definition) is 5. The van der Waals surface area contributed by atoms with Crippen LogP contribution in [0.4, 0.5) is 4.39 Å². The summed E-state index contributed by atoms with van der Waals surface area (Å²) in [4.78, 5) is -0.526. The largest absolute Gasteiger partial charge is 0.266 e. The van der Waals surface area contributed by atoms with Crippen molar-refractivity contribution in [3.8, 4) is 11.3 Å². The van der Waals surface area contributed by atoms with Crippen molar-refractivity contribution in [3.05, 3.63) is 28.5 Å². The molecule has 0 fully saturated rings. The van der Waals surface area contributed by atoms with Gasteiger partial charge < -0.3 is 0 Å². The van der Waals surface area contributed by atoms with E-state index in [0.29, 0.717) is 0 Å². The summed E-state index contributed by atoms with van der Waals surface area (Å²) >= 11 is 11.4. The third-order valence-corrected chi connectivity index (χ3v) is 6.01. The number of nitrogens with one attached hydrogen (secondary N) is 1. The van der Waals surface area contributed by atoms with Crippen LogP contribution in [-0.2, 0) is 24.8 Å². The Morgan fingerprint density at radius 2 is 1.87 bits per heavy atom. The van der Waals surface area contributed by atoms with Gasteiger partial charge >= 0.3 is 0 Å². The molecule has 2 aromatic rings. The fourth-order valence-corrected chi connectivity index (χ4v) is 4.57. The number of aromatic amines is 1. The maximum Gasteiger partial charge on any atom is 0.262 e. The van der Waals surface area contributed by atoms with Crippen molar-refractivity contribution >= 4 is 52.8 Å². The number of rotatable bonds is 4. The first-order valence-corrected chi connectivity index (χ1v) is 10.9. The second-order valence-corrected chi connectivity index (χ2v) is 9.65. The zero-order valence-corrected chi connectivity index (χ0v) is 15.2. The number of nitrogens with zero attached hydrogens (tertiary/aromatic N) is 1. The zero-order chi connectivity index (χ0) is 17.6. The summed E-state index contributed by atoms with van der Waals surface area (Å²) in [5.41, 5.74) is -0.431. The van der Waals surface area contributed by atoms with Crippen molar-refractivity contribution in [3.63, 3.8) is 0 Å². The number of sulfone groups is 1. The molecule has 0 spiro atoms. The first-order valence-electron chi connectivity index (χ1n) is 5.74. The molecule has 1 heterocycles. The number of H-pyrrole nitrogens is 1. The molecule has 0 amide bonds. The molecule has 0 aliphatic carbocycles. The van der Waals surface area contributed by atoms with Crippen molar-refractivity contribution in [1.82, 2.24) is 10.2 Å². The summed E-state index contributed by atoms with van der Waals surface area (Å²) in [6, 6.07) is 1.62. The molecule has 0 atom stereocenters. The third-order valence-electron chi connectivity index (χ3n) is 2.87. The van der Waals surface area contributed by atoms with E-state index >= 15 is 0 Å². The maximum absolute atomic E-state index is 14.2. The summed E-state index contributed by atoms with van der Waals surface area (Å²) in [6.07, 6.45) is 0.924. The molecule has 2 rings (SSSR count). The van der Waals surface area contributed by atoms with E-state index in [0.717, 1.165) is 18.4 Å². The van der Waals surface area contributed by atoms with Crippen LogP contribution in [0.25, 0.3) is 11.3 Å². The molecule has 126 valence electrons. The molecule has 12 heteroatoms. The lowest BCUT2D eigenvalue weighted by Crippen LogP contribution is -2.01. The van der Waals surface area contributed by atoms with E-state index in [1.54, 1.807) is 0 Å². The van der Waals surface area contributed by atoms with E-state index in [4.69, 9.17) is 33.9 Å². The van der Waals surface area contributed by atoms with E-state index in [2.05, 4.69) is 10.2 Å². The molecule has 6 nitrogen and oxygen atoms in total. The second kappa shape index (κ2) is 6.21. The summed E-state index contributed by atoms with van der Waals surface area (Å²) < 4.78 is 60.4. The van der Waals surface area contributed by atoms with Gasteiger partial charge in [-0.25, -0.2) is 21.2 Å². The highest BCUT2D eigenvalue weighted by Gasteiger charge is 2.25. The smallest absolute Gasteiger partial charge is 0.262 e. The molecule has 0 bridgehead atoms. The van der Waals surface area contributed by atoms with Crippen molar-refractivity contribution in [2.24, 2.45) is 0 Å². The molecular formula is C11H8Cl3FN2O4S2. The van der Waals surface area contributed by atoms with E-state index in [-0.39, 0.29) is 27.7 Å². The molecule has 0 saturated heterocycles. The van der Waals surface area contributed by atoms with Crippen LogP contribution >= 0.6 is 33.9 Å². The minimum Gasteiger partial charge on any atom is -0.266 e. The van der Waals surface area contributed by atoms with Crippen LogP contribution in [0.3, 0.4) is 0 Å². The van der Waals surface area contributed by atoms with Crippen molar-refractivity contribution < 1.29 is 21.2 Å². The third kappa shape index (κ3) is 3.63. The van der Waals surface area contributed by atoms with Crippen LogP contribution in [0.2, 0.25) is 5.02 Å². The molecule has 23 heavy (non-hydrogen) atoms. The number of aromatic nitrogens is 2. The molecular weight excluding hydrogens is 414 g/mol. The molecule has 1 aromatic carbocycles. The van der Waals surface area contributed by atoms with Gasteiger partial charge in [0.2, 0.25) is 0 Å². The highest BCUT2D eigenvalue weighted by molar-refractivity contribution is 8.13. The van der Waals surface area contributed by atoms with E-state index in [1.165, 1.54) is 0 Å². The fraction of sp³-hybridized carbons (Fsp3) is 0.182. The Balaban J connectivity index is 2.81. The average Bonchev–Trinajstić information content (AvgIpc) is 2.80. The van der Waals surface area contributed by atoms with Gasteiger partial charge in [-0.15, -0.1) is 11.6 Å². The molecule has 0 aliphatic heterocycles. The lowest BCUT2D eigenvalue weighted by molar-refractivity contribution is 0.596. The Morgan fingerprint density at radius 3 is 2.35 bits per heavy atom. The minimum absolute atomic E-state index is 0.00769. The van der Waals surface area contributed by atoms with Crippen molar-refractivity contribution in [1.29, 1.82) is 0 Å². The quantitative estimate of drug-likeness (QED) is 0.605. The van der Waals surface area contributed by atoms with Gasteiger partial charge in [0.1, 0.15) is 16.4 Å². The lowest BCUT2D eigenvalue weighted by Gasteiger charge is -2.07. The van der Waals surface area contributed by atoms with Gasteiger partial charge in [0.25, 0.3) is 9.05 Å². The van der Waals surface area contributed by atoms with Gasteiger partial charge in [0, 0.05) is 28.1 Å². The molecule has 1 N–H and O–H groups in total. The maximum atomic E-state index is 14.2. The van der Waals surface area contributed by atoms with Gasteiger partial charge in [-0.2, -0.15) is 5.10 Å². The standard InChI is InChI=1S/C11H8Cl3FN2O4S2/c1-22(18,19)11-6(4-12)10(16-17-11)5-2-9(23(14,20)21)7(13)3-8(5)15/h2-3H,4H2,1H3,(H,16,17). The molecule has 0 saturated carbocycles. The number of benzene rings is 1. The summed E-state index contributed by atoms with van der Waals surface area (Å²) in [6.45, 7) is 0. The Kier molecular flexibility index (Phi) is 4.99. The molecule has 0 unspecified atom stereocenters. The van der Waals surface area contributed by atoms with Crippen LogP contribution in [0, 0.1) is 5.82 Å². The predicted molar refractivity (Wildman–Crippen MR) is 84.7 cm³/mol. The summed E-state index contributed by atoms with van der Waals surface area (Å²) in [5.74, 6) is -1.20. The van der Waals surface area contributed by atoms with Gasteiger partial charge in [-0.3, -0.25) is 5.10 Å². The van der Waals surface area contributed by atoms with E-state index in [9.17, 15) is 21.2 Å². The Labute approximate surface area is 145 Å². The van der Waals surface area contributed by atoms with Gasteiger partial charge in [-0.1, -0.05) is 11.6 Å². The van der Waals surface area contributed by atoms with Gasteiger partial charge in [0.05, 0.1) is 10.9 Å². The first kappa shape index (κ1) is 18.5. The Hall–Kier alpha value is -0.870. The normalized spacial score (nSPS) is 12.6. The molecule has 1 aromatic heterocycles. The SMILES string of the molecule is CS(=O)(=O)c1[nH]nc(-c2cc(S(=O)(=O)Cl)c(Cl)cc2F)c1CCl. The Morgan fingerprint density at radius 1 is 1.26 bits per heavy atom. The van der Waals surface area contributed by atoms with Crippen LogP contribution in [0.15, 0.2) is 22.1 Å². The van der Waals surface area contributed by atoms with Gasteiger partial charge in [0.15, 0.2) is 14.9 Å². The van der Waals surface area contributed by atoms with Crippen molar-refractivity contribution in [2.75, 3.05) is 6.26 Å². The molecule has 0 aliphatic rings. The minimum atomic E-state index is -4.24. The van der Waals surface area contributed by atoms with Crippen LogP contribution in [-0.4, -0.2) is 33.3 Å². The second-order valence-electron chi connectivity index (χ2n) is 4.49. The highest BCUT2D eigenvalue weighted by Crippen LogP contribution is 2.35. The average molecular weight is 422 g/mol. The molecule has 0 radical (unpaired) electrons. The monoisotopic (exact) mass is 420 g/mol. The number of alkyl halides is 1. The van der Waals surface area contributed by atoms with Crippen LogP contribution in [0.1, 0.15) is 5.56 Å². The van der Waals surface area contributed by atoms with Crippen molar-refractivity contribution in [2.45, 2.75) is 15.8 Å². The topological polar surface area (TPSA) is 97.0 Å². The van der Waals surface area contributed by atoms with Crippen LogP contribution in [0.5, 0.6) is 0 Å². The van der Waals surface area contributed by atoms with Crippen LogP contribution < -0.4 is 0 Å². The van der Waals surface area contributed by atoms with Gasteiger partial charge in [-0.05, 0) is 12.1 Å². The Bertz CT molecular complexity index is 987. The predicted octanol–water partition coefficient (Wildman–Crippen LogP) is 2.94. The number of hydrogen-bond donors (Lipinski definition) is 1.